The van der Waals surface area contributed by atoms with Gasteiger partial charge in [-0.3, -0.25) is 4.79 Å². The zero-order valence-corrected chi connectivity index (χ0v) is 9.43. The van der Waals surface area contributed by atoms with Crippen LogP contribution in [0.2, 0.25) is 0 Å². The Balaban J connectivity index is 2.62. The van der Waals surface area contributed by atoms with Gasteiger partial charge in [0.25, 0.3) is 5.56 Å². The van der Waals surface area contributed by atoms with Crippen molar-refractivity contribution in [1.82, 2.24) is 9.97 Å². The highest BCUT2D eigenvalue weighted by Gasteiger charge is 2.13. The lowest BCUT2D eigenvalue weighted by atomic mass is 10.1. The molecule has 0 radical (unpaired) electrons. The fourth-order valence-corrected chi connectivity index (χ4v) is 1.53. The molecule has 0 saturated heterocycles. The number of aromatic amines is 1. The van der Waals surface area contributed by atoms with Crippen molar-refractivity contribution in [3.8, 4) is 11.3 Å². The van der Waals surface area contributed by atoms with E-state index in [1.807, 2.05) is 0 Å². The third-order valence-electron chi connectivity index (χ3n) is 2.41. The van der Waals surface area contributed by atoms with Crippen LogP contribution in [0.1, 0.15) is 12.7 Å². The van der Waals surface area contributed by atoms with Crippen LogP contribution in [0.5, 0.6) is 0 Å². The maximum atomic E-state index is 13.1. The van der Waals surface area contributed by atoms with Crippen LogP contribution < -0.4 is 5.56 Å². The predicted molar refractivity (Wildman–Crippen MR) is 59.5 cm³/mol. The van der Waals surface area contributed by atoms with E-state index in [-0.39, 0.29) is 11.3 Å². The fraction of sp³-hybridized carbons (Fsp3) is 0.167. The van der Waals surface area contributed by atoms with E-state index < -0.39 is 23.0 Å². The Morgan fingerprint density at radius 3 is 2.33 bits per heavy atom. The topological polar surface area (TPSA) is 45.8 Å². The average molecular weight is 254 g/mol. The van der Waals surface area contributed by atoms with Crippen molar-refractivity contribution in [2.75, 3.05) is 0 Å². The standard InChI is InChI=1S/C12H9F3N2O/c1-2-10-16-9(5-11(18)17-10)6-3-7(13)12(15)8(14)4-6/h3-5H,2H2,1H3,(H,16,17,18). The summed E-state index contributed by atoms with van der Waals surface area (Å²) in [5.74, 6) is -3.78. The largest absolute Gasteiger partial charge is 0.311 e. The SMILES string of the molecule is CCc1nc(-c2cc(F)c(F)c(F)c2)cc(=O)[nH]1. The van der Waals surface area contributed by atoms with Crippen LogP contribution in [0.3, 0.4) is 0 Å². The first-order chi connectivity index (χ1) is 8.51. The zero-order chi connectivity index (χ0) is 13.3. The van der Waals surface area contributed by atoms with E-state index in [9.17, 15) is 18.0 Å². The molecule has 0 bridgehead atoms. The van der Waals surface area contributed by atoms with E-state index in [4.69, 9.17) is 0 Å². The molecule has 0 fully saturated rings. The van der Waals surface area contributed by atoms with Crippen molar-refractivity contribution < 1.29 is 13.2 Å². The van der Waals surface area contributed by atoms with E-state index >= 15 is 0 Å². The van der Waals surface area contributed by atoms with Crippen LogP contribution in [-0.4, -0.2) is 9.97 Å². The van der Waals surface area contributed by atoms with Crippen molar-refractivity contribution in [2.45, 2.75) is 13.3 Å². The molecule has 6 heteroatoms. The summed E-state index contributed by atoms with van der Waals surface area (Å²) in [6.45, 7) is 1.77. The van der Waals surface area contributed by atoms with E-state index in [1.165, 1.54) is 0 Å². The number of H-pyrrole nitrogens is 1. The maximum Gasteiger partial charge on any atom is 0.251 e. The van der Waals surface area contributed by atoms with Crippen LogP contribution in [0.25, 0.3) is 11.3 Å². The second-order valence-electron chi connectivity index (χ2n) is 3.68. The Bertz CT molecular complexity index is 629. The van der Waals surface area contributed by atoms with Gasteiger partial charge in [-0.15, -0.1) is 0 Å². The van der Waals surface area contributed by atoms with E-state index in [0.717, 1.165) is 18.2 Å². The molecular weight excluding hydrogens is 245 g/mol. The minimum absolute atomic E-state index is 0.0206. The second-order valence-corrected chi connectivity index (χ2v) is 3.68. The van der Waals surface area contributed by atoms with Gasteiger partial charge in [0.15, 0.2) is 17.5 Å². The Hall–Kier alpha value is -2.11. The summed E-state index contributed by atoms with van der Waals surface area (Å²) in [6.07, 6.45) is 0.467. The van der Waals surface area contributed by atoms with Crippen molar-refractivity contribution >= 4 is 0 Å². The first-order valence-corrected chi connectivity index (χ1v) is 5.26. The number of nitrogens with zero attached hydrogens (tertiary/aromatic N) is 1. The zero-order valence-electron chi connectivity index (χ0n) is 9.43. The molecule has 0 saturated carbocycles. The Morgan fingerprint density at radius 1 is 1.17 bits per heavy atom. The molecule has 94 valence electrons. The molecule has 0 amide bonds. The average Bonchev–Trinajstić information content (AvgIpc) is 2.34. The molecule has 0 aliphatic heterocycles. The van der Waals surface area contributed by atoms with Gasteiger partial charge in [-0.25, -0.2) is 18.2 Å². The predicted octanol–water partition coefficient (Wildman–Crippen LogP) is 2.42. The van der Waals surface area contributed by atoms with E-state index in [0.29, 0.717) is 12.2 Å². The quantitative estimate of drug-likeness (QED) is 0.836. The first kappa shape index (κ1) is 12.3. The van der Waals surface area contributed by atoms with Crippen LogP contribution in [-0.2, 0) is 6.42 Å². The van der Waals surface area contributed by atoms with Gasteiger partial charge in [0.05, 0.1) is 5.69 Å². The maximum absolute atomic E-state index is 13.1. The van der Waals surface area contributed by atoms with Crippen molar-refractivity contribution in [2.24, 2.45) is 0 Å². The van der Waals surface area contributed by atoms with Crippen LogP contribution in [0.15, 0.2) is 23.0 Å². The molecule has 2 rings (SSSR count). The number of hydrogen-bond acceptors (Lipinski definition) is 2. The molecule has 0 atom stereocenters. The summed E-state index contributed by atoms with van der Waals surface area (Å²) in [7, 11) is 0. The van der Waals surface area contributed by atoms with Gasteiger partial charge in [0, 0.05) is 18.1 Å². The lowest BCUT2D eigenvalue weighted by molar-refractivity contribution is 0.447. The van der Waals surface area contributed by atoms with Crippen molar-refractivity contribution in [3.05, 3.63) is 51.8 Å². The van der Waals surface area contributed by atoms with Gasteiger partial charge in [-0.2, -0.15) is 0 Å². The van der Waals surface area contributed by atoms with Crippen molar-refractivity contribution in [1.29, 1.82) is 0 Å². The van der Waals surface area contributed by atoms with E-state index in [1.54, 1.807) is 6.92 Å². The van der Waals surface area contributed by atoms with Gasteiger partial charge in [-0.1, -0.05) is 6.92 Å². The molecule has 18 heavy (non-hydrogen) atoms. The molecule has 1 heterocycles. The molecule has 1 aromatic heterocycles. The highest BCUT2D eigenvalue weighted by molar-refractivity contribution is 5.58. The molecule has 0 spiro atoms. The van der Waals surface area contributed by atoms with E-state index in [2.05, 4.69) is 9.97 Å². The number of rotatable bonds is 2. The number of hydrogen-bond donors (Lipinski definition) is 1. The highest BCUT2D eigenvalue weighted by Crippen LogP contribution is 2.21. The summed E-state index contributed by atoms with van der Waals surface area (Å²) in [6, 6.07) is 2.71. The summed E-state index contributed by atoms with van der Waals surface area (Å²) in [5.41, 5.74) is -0.303. The molecule has 1 aromatic carbocycles. The number of halogens is 3. The monoisotopic (exact) mass is 254 g/mol. The third kappa shape index (κ3) is 2.27. The minimum atomic E-state index is -1.54. The highest BCUT2D eigenvalue weighted by atomic mass is 19.2. The van der Waals surface area contributed by atoms with Gasteiger partial charge >= 0.3 is 0 Å². The summed E-state index contributed by atoms with van der Waals surface area (Å²) >= 11 is 0. The normalized spacial score (nSPS) is 10.7. The Morgan fingerprint density at radius 2 is 1.78 bits per heavy atom. The Labute approximate surface area is 100 Å². The molecule has 0 unspecified atom stereocenters. The number of nitrogens with one attached hydrogen (secondary N) is 1. The van der Waals surface area contributed by atoms with Gasteiger partial charge < -0.3 is 4.98 Å². The number of aromatic nitrogens is 2. The van der Waals surface area contributed by atoms with Gasteiger partial charge in [0.2, 0.25) is 0 Å². The van der Waals surface area contributed by atoms with Crippen molar-refractivity contribution in [3.63, 3.8) is 0 Å². The van der Waals surface area contributed by atoms with Crippen LogP contribution >= 0.6 is 0 Å². The number of aryl methyl sites for hydroxylation is 1. The smallest absolute Gasteiger partial charge is 0.251 e. The molecular formula is C12H9F3N2O. The molecule has 0 aliphatic rings. The minimum Gasteiger partial charge on any atom is -0.311 e. The fourth-order valence-electron chi connectivity index (χ4n) is 1.53. The molecule has 2 aromatic rings. The Kier molecular flexibility index (Phi) is 3.18. The molecule has 3 nitrogen and oxygen atoms in total. The summed E-state index contributed by atoms with van der Waals surface area (Å²) in [5, 5.41) is 0. The van der Waals surface area contributed by atoms with Gasteiger partial charge in [0.1, 0.15) is 5.82 Å². The van der Waals surface area contributed by atoms with Gasteiger partial charge in [-0.05, 0) is 12.1 Å². The lowest BCUT2D eigenvalue weighted by Gasteiger charge is -2.04. The molecule has 0 aliphatic carbocycles. The van der Waals surface area contributed by atoms with Crippen LogP contribution in [0, 0.1) is 17.5 Å². The summed E-state index contributed by atoms with van der Waals surface area (Å²) < 4.78 is 39.0. The molecule has 1 N–H and O–H groups in total. The first-order valence-electron chi connectivity index (χ1n) is 5.26. The third-order valence-corrected chi connectivity index (χ3v) is 2.41. The summed E-state index contributed by atoms with van der Waals surface area (Å²) in [4.78, 5) is 17.8. The lowest BCUT2D eigenvalue weighted by Crippen LogP contribution is -2.10. The van der Waals surface area contributed by atoms with Crippen LogP contribution in [0.4, 0.5) is 13.2 Å². The number of benzene rings is 1. The second kappa shape index (κ2) is 4.64.